The minimum atomic E-state index is -4.51. The van der Waals surface area contributed by atoms with Gasteiger partial charge in [-0.15, -0.1) is 0 Å². The number of carbonyl (C=O) groups is 1. The predicted octanol–water partition coefficient (Wildman–Crippen LogP) is 0.0948. The molecule has 3 N–H and O–H groups in total. The van der Waals surface area contributed by atoms with E-state index in [2.05, 4.69) is 5.73 Å². The summed E-state index contributed by atoms with van der Waals surface area (Å²) in [6.45, 7) is 0. The van der Waals surface area contributed by atoms with Gasteiger partial charge in [0.05, 0.1) is 0 Å². The van der Waals surface area contributed by atoms with Gasteiger partial charge in [-0.3, -0.25) is 4.79 Å². The first kappa shape index (κ1) is 8.80. The van der Waals surface area contributed by atoms with Crippen LogP contribution in [0.1, 0.15) is 0 Å². The first-order valence-corrected chi connectivity index (χ1v) is 2.22. The van der Waals surface area contributed by atoms with Crippen LogP contribution in [0.15, 0.2) is 12.3 Å². The van der Waals surface area contributed by atoms with E-state index in [1.165, 1.54) is 0 Å². The molecule has 0 saturated heterocycles. The largest absolute Gasteiger partial charge is 0.481 e. The van der Waals surface area contributed by atoms with Gasteiger partial charge >= 0.3 is 6.30 Å². The first-order valence-electron chi connectivity index (χ1n) is 2.22. The van der Waals surface area contributed by atoms with Crippen LogP contribution in [0.5, 0.6) is 0 Å². The Bertz CT molecular complexity index is 151. The Labute approximate surface area is 54.7 Å². The van der Waals surface area contributed by atoms with E-state index < -0.39 is 12.2 Å². The lowest BCUT2D eigenvalue weighted by Gasteiger charge is -2.02. The standard InChI is InChI=1S/C4H5F3N2O/c5-4(6,7)9-2-1-3(8)10/h1-2,9H,(H2,8,10)/b2-1-. The van der Waals surface area contributed by atoms with E-state index in [0.717, 1.165) is 5.32 Å². The number of rotatable bonds is 2. The van der Waals surface area contributed by atoms with Crippen molar-refractivity contribution in [2.75, 3.05) is 0 Å². The normalized spacial score (nSPS) is 11.9. The number of hydrogen-bond acceptors (Lipinski definition) is 2. The van der Waals surface area contributed by atoms with E-state index in [1.54, 1.807) is 0 Å². The number of hydrogen-bond donors (Lipinski definition) is 2. The molecule has 0 aliphatic carbocycles. The van der Waals surface area contributed by atoms with Crippen molar-refractivity contribution in [1.82, 2.24) is 5.32 Å². The summed E-state index contributed by atoms with van der Waals surface area (Å²) in [5.74, 6) is -0.934. The van der Waals surface area contributed by atoms with E-state index in [0.29, 0.717) is 12.3 Å². The molecule has 10 heavy (non-hydrogen) atoms. The topological polar surface area (TPSA) is 55.1 Å². The van der Waals surface area contributed by atoms with Crippen LogP contribution < -0.4 is 11.1 Å². The maximum atomic E-state index is 11.2. The number of nitrogens with one attached hydrogen (secondary N) is 1. The minimum Gasteiger partial charge on any atom is -0.366 e. The van der Waals surface area contributed by atoms with Gasteiger partial charge in [0.25, 0.3) is 0 Å². The zero-order valence-electron chi connectivity index (χ0n) is 4.77. The van der Waals surface area contributed by atoms with Crippen molar-refractivity contribution < 1.29 is 18.0 Å². The molecule has 3 nitrogen and oxygen atoms in total. The predicted molar refractivity (Wildman–Crippen MR) is 27.5 cm³/mol. The number of nitrogens with two attached hydrogens (primary N) is 1. The summed E-state index contributed by atoms with van der Waals surface area (Å²) in [5.41, 5.74) is 4.49. The molecule has 0 aromatic rings. The van der Waals surface area contributed by atoms with Crippen molar-refractivity contribution >= 4 is 5.91 Å². The molecule has 0 spiro atoms. The molecule has 0 aliphatic heterocycles. The van der Waals surface area contributed by atoms with Crippen LogP contribution in [0.4, 0.5) is 13.2 Å². The molecular formula is C4H5F3N2O. The summed E-state index contributed by atoms with van der Waals surface area (Å²) in [5, 5.41) is 0.972. The molecule has 0 radical (unpaired) electrons. The van der Waals surface area contributed by atoms with E-state index in [-0.39, 0.29) is 0 Å². The average Bonchev–Trinajstić information content (AvgIpc) is 1.59. The fourth-order valence-corrected chi connectivity index (χ4v) is 0.218. The van der Waals surface area contributed by atoms with Gasteiger partial charge in [-0.1, -0.05) is 0 Å². The number of amides is 1. The molecule has 0 saturated carbocycles. The van der Waals surface area contributed by atoms with Crippen molar-refractivity contribution in [3.8, 4) is 0 Å². The first-order chi connectivity index (χ1) is 4.42. The number of carbonyl (C=O) groups excluding carboxylic acids is 1. The van der Waals surface area contributed by atoms with Crippen LogP contribution in [-0.2, 0) is 4.79 Å². The molecule has 0 fully saturated rings. The third-order valence-corrected chi connectivity index (χ3v) is 0.495. The Morgan fingerprint density at radius 3 is 2.30 bits per heavy atom. The highest BCUT2D eigenvalue weighted by atomic mass is 19.4. The lowest BCUT2D eigenvalue weighted by molar-refractivity contribution is -0.146. The van der Waals surface area contributed by atoms with Gasteiger partial charge in [0.1, 0.15) is 0 Å². The Kier molecular flexibility index (Phi) is 2.72. The minimum absolute atomic E-state index is 0.433. The van der Waals surface area contributed by atoms with Crippen molar-refractivity contribution in [3.05, 3.63) is 12.3 Å². The second-order valence-corrected chi connectivity index (χ2v) is 1.38. The molecule has 0 aromatic heterocycles. The highest BCUT2D eigenvalue weighted by molar-refractivity contribution is 5.85. The SMILES string of the molecule is NC(=O)/C=C\NC(F)(F)F. The molecule has 0 atom stereocenters. The van der Waals surface area contributed by atoms with Crippen LogP contribution in [0.3, 0.4) is 0 Å². The van der Waals surface area contributed by atoms with Crippen LogP contribution in [0.2, 0.25) is 0 Å². The Morgan fingerprint density at radius 2 is 2.00 bits per heavy atom. The summed E-state index contributed by atoms with van der Waals surface area (Å²) < 4.78 is 33.6. The highest BCUT2D eigenvalue weighted by Gasteiger charge is 2.24. The summed E-state index contributed by atoms with van der Waals surface area (Å²) >= 11 is 0. The van der Waals surface area contributed by atoms with Gasteiger partial charge in [0.2, 0.25) is 5.91 Å². The van der Waals surface area contributed by atoms with E-state index in [9.17, 15) is 18.0 Å². The zero-order chi connectivity index (χ0) is 8.20. The molecule has 0 unspecified atom stereocenters. The maximum Gasteiger partial charge on any atom is 0.481 e. The molecule has 58 valence electrons. The van der Waals surface area contributed by atoms with Crippen LogP contribution in [0, 0.1) is 0 Å². The van der Waals surface area contributed by atoms with Gasteiger partial charge in [-0.25, -0.2) is 0 Å². The third kappa shape index (κ3) is 6.80. The van der Waals surface area contributed by atoms with Crippen molar-refractivity contribution in [2.45, 2.75) is 6.30 Å². The molecule has 6 heteroatoms. The average molecular weight is 154 g/mol. The van der Waals surface area contributed by atoms with Gasteiger partial charge in [0.15, 0.2) is 0 Å². The fourth-order valence-electron chi connectivity index (χ4n) is 0.218. The van der Waals surface area contributed by atoms with Crippen LogP contribution in [-0.4, -0.2) is 12.2 Å². The number of alkyl halides is 3. The third-order valence-electron chi connectivity index (χ3n) is 0.495. The van der Waals surface area contributed by atoms with Crippen molar-refractivity contribution in [2.24, 2.45) is 5.73 Å². The van der Waals surface area contributed by atoms with Crippen molar-refractivity contribution in [1.29, 1.82) is 0 Å². The maximum absolute atomic E-state index is 11.2. The monoisotopic (exact) mass is 154 g/mol. The van der Waals surface area contributed by atoms with Gasteiger partial charge in [-0.2, -0.15) is 13.2 Å². The van der Waals surface area contributed by atoms with E-state index >= 15 is 0 Å². The molecule has 0 bridgehead atoms. The Hall–Kier alpha value is -1.20. The molecular weight excluding hydrogens is 149 g/mol. The molecule has 1 amide bonds. The summed E-state index contributed by atoms with van der Waals surface area (Å²) in [7, 11) is 0. The van der Waals surface area contributed by atoms with E-state index in [1.807, 2.05) is 0 Å². The Balaban J connectivity index is 3.64. The smallest absolute Gasteiger partial charge is 0.366 e. The van der Waals surface area contributed by atoms with Gasteiger partial charge in [-0.05, 0) is 0 Å². The second kappa shape index (κ2) is 3.09. The summed E-state index contributed by atoms with van der Waals surface area (Å²) in [6, 6.07) is 0. The van der Waals surface area contributed by atoms with E-state index in [4.69, 9.17) is 0 Å². The summed E-state index contributed by atoms with van der Waals surface area (Å²) in [6.07, 6.45) is -3.50. The summed E-state index contributed by atoms with van der Waals surface area (Å²) in [4.78, 5) is 9.81. The highest BCUT2D eigenvalue weighted by Crippen LogP contribution is 2.08. The molecule has 0 heterocycles. The molecule has 0 aliphatic rings. The lowest BCUT2D eigenvalue weighted by Crippen LogP contribution is -2.26. The van der Waals surface area contributed by atoms with Crippen LogP contribution in [0.25, 0.3) is 0 Å². The number of halogens is 3. The van der Waals surface area contributed by atoms with Crippen LogP contribution >= 0.6 is 0 Å². The van der Waals surface area contributed by atoms with Gasteiger partial charge in [0, 0.05) is 12.3 Å². The zero-order valence-corrected chi connectivity index (χ0v) is 4.77. The van der Waals surface area contributed by atoms with Crippen molar-refractivity contribution in [3.63, 3.8) is 0 Å². The quantitative estimate of drug-likeness (QED) is 0.437. The second-order valence-electron chi connectivity index (χ2n) is 1.38. The lowest BCUT2D eigenvalue weighted by atomic mass is 10.6. The molecule has 0 aromatic carbocycles. The fraction of sp³-hybridized carbons (Fsp3) is 0.250. The Morgan fingerprint density at radius 1 is 1.50 bits per heavy atom. The van der Waals surface area contributed by atoms with Gasteiger partial charge < -0.3 is 11.1 Å². The number of primary amides is 1. The molecule has 0 rings (SSSR count).